The van der Waals surface area contributed by atoms with Crippen molar-refractivity contribution in [2.24, 2.45) is 0 Å². The molecule has 1 fully saturated rings. The average molecular weight is 281 g/mol. The number of likely N-dealkylation sites (tertiary alicyclic amines) is 1. The van der Waals surface area contributed by atoms with Gasteiger partial charge in [-0.3, -0.25) is 0 Å². The minimum Gasteiger partial charge on any atom is -0.306 e. The molecule has 2 atom stereocenters. The normalized spacial score (nSPS) is 20.2. The summed E-state index contributed by atoms with van der Waals surface area (Å²) in [5.41, 5.74) is 1.19. The Labute approximate surface area is 122 Å². The van der Waals surface area contributed by atoms with Crippen LogP contribution in [0.4, 0.5) is 0 Å². The lowest BCUT2D eigenvalue weighted by molar-refractivity contribution is 0.205. The van der Waals surface area contributed by atoms with E-state index in [0.29, 0.717) is 12.1 Å². The van der Waals surface area contributed by atoms with Crippen LogP contribution >= 0.6 is 11.6 Å². The fourth-order valence-corrected chi connectivity index (χ4v) is 3.22. The van der Waals surface area contributed by atoms with E-state index in [2.05, 4.69) is 36.2 Å². The Hall–Kier alpha value is -0.570. The van der Waals surface area contributed by atoms with Gasteiger partial charge in [-0.1, -0.05) is 36.2 Å². The van der Waals surface area contributed by atoms with Crippen LogP contribution in [0.5, 0.6) is 0 Å². The molecule has 2 unspecified atom stereocenters. The lowest BCUT2D eigenvalue weighted by Gasteiger charge is -2.31. The highest BCUT2D eigenvalue weighted by atomic mass is 35.5. The summed E-state index contributed by atoms with van der Waals surface area (Å²) >= 11 is 6.24. The molecule has 19 heavy (non-hydrogen) atoms. The Morgan fingerprint density at radius 1 is 1.16 bits per heavy atom. The summed E-state index contributed by atoms with van der Waals surface area (Å²) in [6, 6.07) is 8.89. The largest absolute Gasteiger partial charge is 0.306 e. The molecule has 106 valence electrons. The summed E-state index contributed by atoms with van der Waals surface area (Å²) in [6.45, 7) is 8.10. The zero-order chi connectivity index (χ0) is 13.7. The van der Waals surface area contributed by atoms with E-state index in [0.717, 1.165) is 11.6 Å². The molecule has 0 spiro atoms. The van der Waals surface area contributed by atoms with Gasteiger partial charge in [0, 0.05) is 23.7 Å². The summed E-state index contributed by atoms with van der Waals surface area (Å²) in [7, 11) is 0. The maximum Gasteiger partial charge on any atom is 0.0453 e. The van der Waals surface area contributed by atoms with Gasteiger partial charge in [-0.2, -0.15) is 0 Å². The van der Waals surface area contributed by atoms with E-state index in [1.165, 1.54) is 37.9 Å². The van der Waals surface area contributed by atoms with Gasteiger partial charge in [0.15, 0.2) is 0 Å². The minimum absolute atomic E-state index is 0.300. The van der Waals surface area contributed by atoms with E-state index in [1.54, 1.807) is 0 Å². The van der Waals surface area contributed by atoms with E-state index in [-0.39, 0.29) is 0 Å². The van der Waals surface area contributed by atoms with Gasteiger partial charge in [0.05, 0.1) is 0 Å². The van der Waals surface area contributed by atoms with Gasteiger partial charge in [0.25, 0.3) is 0 Å². The third-order valence-electron chi connectivity index (χ3n) is 3.89. The second kappa shape index (κ2) is 7.28. The molecule has 0 saturated carbocycles. The van der Waals surface area contributed by atoms with Gasteiger partial charge < -0.3 is 10.2 Å². The van der Waals surface area contributed by atoms with Crippen LogP contribution < -0.4 is 5.32 Å². The highest BCUT2D eigenvalue weighted by Crippen LogP contribution is 2.22. The van der Waals surface area contributed by atoms with E-state index in [1.807, 2.05) is 12.1 Å². The fourth-order valence-electron chi connectivity index (χ4n) is 2.92. The second-order valence-corrected chi connectivity index (χ2v) is 6.08. The van der Waals surface area contributed by atoms with Crippen molar-refractivity contribution in [1.29, 1.82) is 0 Å². The Morgan fingerprint density at radius 3 is 2.53 bits per heavy atom. The van der Waals surface area contributed by atoms with Crippen molar-refractivity contribution in [3.05, 3.63) is 34.9 Å². The van der Waals surface area contributed by atoms with Crippen molar-refractivity contribution in [2.75, 3.05) is 19.6 Å². The lowest BCUT2D eigenvalue weighted by atomic mass is 10.1. The van der Waals surface area contributed by atoms with Crippen LogP contribution in [0.25, 0.3) is 0 Å². The van der Waals surface area contributed by atoms with Crippen LogP contribution in [0.1, 0.15) is 44.7 Å². The van der Waals surface area contributed by atoms with Gasteiger partial charge in [-0.15, -0.1) is 0 Å². The molecular formula is C16H25ClN2. The first-order chi connectivity index (χ1) is 9.16. The molecule has 0 bridgehead atoms. The minimum atomic E-state index is 0.300. The summed E-state index contributed by atoms with van der Waals surface area (Å²) in [5.74, 6) is 0. The van der Waals surface area contributed by atoms with Crippen LogP contribution in [0.2, 0.25) is 5.02 Å². The lowest BCUT2D eigenvalue weighted by Crippen LogP contribution is -2.42. The monoisotopic (exact) mass is 280 g/mol. The van der Waals surface area contributed by atoms with Gasteiger partial charge in [0.2, 0.25) is 0 Å². The zero-order valence-corrected chi connectivity index (χ0v) is 12.8. The molecule has 1 aromatic carbocycles. The summed E-state index contributed by atoms with van der Waals surface area (Å²) < 4.78 is 0. The molecule has 0 radical (unpaired) electrons. The molecule has 1 aliphatic heterocycles. The van der Waals surface area contributed by atoms with Crippen LogP contribution in [-0.4, -0.2) is 30.6 Å². The Morgan fingerprint density at radius 2 is 1.84 bits per heavy atom. The molecule has 1 N–H and O–H groups in total. The number of hydrogen-bond donors (Lipinski definition) is 1. The molecule has 1 aromatic rings. The quantitative estimate of drug-likeness (QED) is 0.881. The van der Waals surface area contributed by atoms with E-state index >= 15 is 0 Å². The Bertz CT molecular complexity index is 388. The maximum absolute atomic E-state index is 6.24. The molecule has 2 nitrogen and oxygen atoms in total. The third-order valence-corrected chi connectivity index (χ3v) is 4.23. The first-order valence-corrected chi connectivity index (χ1v) is 7.77. The summed E-state index contributed by atoms with van der Waals surface area (Å²) in [5, 5.41) is 4.51. The molecule has 1 aliphatic rings. The first-order valence-electron chi connectivity index (χ1n) is 7.39. The van der Waals surface area contributed by atoms with Crippen molar-refractivity contribution >= 4 is 11.6 Å². The number of nitrogens with zero attached hydrogens (tertiary/aromatic N) is 1. The maximum atomic E-state index is 6.24. The smallest absolute Gasteiger partial charge is 0.0453 e. The molecule has 1 heterocycles. The van der Waals surface area contributed by atoms with Crippen molar-refractivity contribution in [2.45, 2.75) is 45.2 Å². The highest BCUT2D eigenvalue weighted by molar-refractivity contribution is 6.31. The number of piperidine rings is 1. The number of halogens is 1. The Kier molecular flexibility index (Phi) is 5.68. The standard InChI is InChI=1S/C16H25ClN2/c1-13(12-19-10-6-3-7-11-19)18-14(2)15-8-4-5-9-16(15)17/h4-5,8-9,13-14,18H,3,6-7,10-12H2,1-2H3. The predicted octanol–water partition coefficient (Wildman–Crippen LogP) is 3.87. The molecular weight excluding hydrogens is 256 g/mol. The molecule has 0 aliphatic carbocycles. The van der Waals surface area contributed by atoms with E-state index in [9.17, 15) is 0 Å². The summed E-state index contributed by atoms with van der Waals surface area (Å²) in [6.07, 6.45) is 4.11. The fraction of sp³-hybridized carbons (Fsp3) is 0.625. The van der Waals surface area contributed by atoms with Gasteiger partial charge >= 0.3 is 0 Å². The van der Waals surface area contributed by atoms with Crippen LogP contribution in [-0.2, 0) is 0 Å². The molecule has 2 rings (SSSR count). The van der Waals surface area contributed by atoms with E-state index < -0.39 is 0 Å². The van der Waals surface area contributed by atoms with Crippen molar-refractivity contribution in [3.63, 3.8) is 0 Å². The SMILES string of the molecule is CC(CN1CCCCC1)NC(C)c1ccccc1Cl. The van der Waals surface area contributed by atoms with Gasteiger partial charge in [0.1, 0.15) is 0 Å². The van der Waals surface area contributed by atoms with Crippen LogP contribution in [0.15, 0.2) is 24.3 Å². The Balaban J connectivity index is 1.84. The topological polar surface area (TPSA) is 15.3 Å². The summed E-state index contributed by atoms with van der Waals surface area (Å²) in [4.78, 5) is 2.57. The highest BCUT2D eigenvalue weighted by Gasteiger charge is 2.16. The van der Waals surface area contributed by atoms with Gasteiger partial charge in [-0.25, -0.2) is 0 Å². The number of nitrogens with one attached hydrogen (secondary N) is 1. The molecule has 0 aromatic heterocycles. The third kappa shape index (κ3) is 4.48. The zero-order valence-electron chi connectivity index (χ0n) is 12.0. The van der Waals surface area contributed by atoms with Crippen LogP contribution in [0.3, 0.4) is 0 Å². The first kappa shape index (κ1) is 14.8. The number of rotatable bonds is 5. The number of benzene rings is 1. The number of hydrogen-bond acceptors (Lipinski definition) is 2. The average Bonchev–Trinajstić information content (AvgIpc) is 2.40. The van der Waals surface area contributed by atoms with Crippen molar-refractivity contribution in [3.8, 4) is 0 Å². The molecule has 1 saturated heterocycles. The van der Waals surface area contributed by atoms with Crippen molar-refractivity contribution in [1.82, 2.24) is 10.2 Å². The molecule has 3 heteroatoms. The van der Waals surface area contributed by atoms with Crippen molar-refractivity contribution < 1.29 is 0 Å². The molecule has 0 amide bonds. The van der Waals surface area contributed by atoms with Gasteiger partial charge in [-0.05, 0) is 51.4 Å². The predicted molar refractivity (Wildman–Crippen MR) is 82.8 cm³/mol. The second-order valence-electron chi connectivity index (χ2n) is 5.67. The van der Waals surface area contributed by atoms with Crippen LogP contribution in [0, 0.1) is 0 Å². The van der Waals surface area contributed by atoms with E-state index in [4.69, 9.17) is 11.6 Å².